The van der Waals surface area contributed by atoms with E-state index in [0.29, 0.717) is 0 Å². The van der Waals surface area contributed by atoms with Crippen LogP contribution in [0.2, 0.25) is 0 Å². The predicted octanol–water partition coefficient (Wildman–Crippen LogP) is -18.0. The molecule has 0 atom stereocenters. The Bertz CT molecular complexity index is 8.04. The third-order valence-corrected chi connectivity index (χ3v) is 0. The van der Waals surface area contributed by atoms with Crippen molar-refractivity contribution in [3.63, 3.8) is 0 Å². The predicted molar refractivity (Wildman–Crippen MR) is 0 cm³/mol. The van der Waals surface area contributed by atoms with Crippen molar-refractivity contribution < 1.29 is 68.2 Å². The number of rotatable bonds is 0. The van der Waals surface area contributed by atoms with Crippen molar-refractivity contribution in [2.45, 2.75) is 0 Å². The quantitative estimate of drug-likeness (QED) is 0.305. The van der Waals surface area contributed by atoms with E-state index >= 15 is 0 Å². The first-order valence-electron chi connectivity index (χ1n) is 0. The molecule has 0 aromatic heterocycles. The normalized spacial score (nSPS) is 0. The topological polar surface area (TPSA) is 0 Å². The average Bonchev–Trinajstić information content (AvgIpc) is 0. The Balaban J connectivity index is 0. The van der Waals surface area contributed by atoms with Gasteiger partial charge >= 0.3 is 44.7 Å². The minimum Gasteiger partial charge on any atom is -1.00 e. The summed E-state index contributed by atoms with van der Waals surface area (Å²) in [5, 5.41) is 0. The van der Waals surface area contributed by atoms with E-state index in [-0.39, 0.29) is 68.2 Å². The van der Waals surface area contributed by atoms with Crippen LogP contribution in [0.5, 0.6) is 0 Å². The molecule has 0 nitrogen and oxygen atoms in total. The second kappa shape index (κ2) is 213. The van der Waals surface area contributed by atoms with Gasteiger partial charge in [-0.1, -0.05) is 0 Å². The van der Waals surface area contributed by atoms with Gasteiger partial charge in [0.25, 0.3) is 0 Å². The van der Waals surface area contributed by atoms with Crippen LogP contribution < -0.4 is 42.4 Å². The number of hydrogen-bond donors (Lipinski definition) is 0. The van der Waals surface area contributed by atoms with Crippen molar-refractivity contribution in [1.82, 2.24) is 0 Å². The molecule has 0 heterocycles. The standard InChI is InChI=1S/5FH.Hf.Li/h5*1H;;/q;;;;;+4;+1/p-5. The Morgan fingerprint density at radius 3 is 0.429 bits per heavy atom. The summed E-state index contributed by atoms with van der Waals surface area (Å²) in [6, 6.07) is 0. The Hall–Kier alpha value is 1.12. The minimum atomic E-state index is 0. The van der Waals surface area contributed by atoms with Gasteiger partial charge in [0, 0.05) is 0 Å². The van der Waals surface area contributed by atoms with Crippen LogP contribution >= 0.6 is 0 Å². The van der Waals surface area contributed by atoms with Crippen molar-refractivity contribution >= 4 is 0 Å². The van der Waals surface area contributed by atoms with Gasteiger partial charge in [-0.2, -0.15) is 0 Å². The van der Waals surface area contributed by atoms with E-state index in [1.807, 2.05) is 0 Å². The Morgan fingerprint density at radius 1 is 0.429 bits per heavy atom. The number of hydrogen-bond acceptors (Lipinski definition) is 0. The largest absolute Gasteiger partial charge is 4.00 e. The third-order valence-electron chi connectivity index (χ3n) is 0. The summed E-state index contributed by atoms with van der Waals surface area (Å²) in [7, 11) is 0. The van der Waals surface area contributed by atoms with E-state index in [4.69, 9.17) is 0 Å². The van der Waals surface area contributed by atoms with Crippen LogP contribution in [0.1, 0.15) is 0 Å². The molecule has 0 spiro atoms. The summed E-state index contributed by atoms with van der Waals surface area (Å²) in [5.74, 6) is 0. The molecule has 40 valence electrons. The third kappa shape index (κ3) is 149. The molecule has 0 aliphatic heterocycles. The summed E-state index contributed by atoms with van der Waals surface area (Å²) >= 11 is 0. The first-order chi connectivity index (χ1) is 0. The second-order valence-corrected chi connectivity index (χ2v) is 0. The zero-order valence-electron chi connectivity index (χ0n) is 3.39. The fourth-order valence-electron chi connectivity index (χ4n) is 0. The Labute approximate surface area is 68.2 Å². The first-order valence-corrected chi connectivity index (χ1v) is 0. The number of halogens is 5. The summed E-state index contributed by atoms with van der Waals surface area (Å²) in [6.45, 7) is 0. The van der Waals surface area contributed by atoms with E-state index in [2.05, 4.69) is 0 Å². The van der Waals surface area contributed by atoms with Gasteiger partial charge in [-0.15, -0.1) is 0 Å². The van der Waals surface area contributed by atoms with E-state index in [0.717, 1.165) is 0 Å². The molecule has 0 fully saturated rings. The molecule has 0 aromatic carbocycles. The molecular weight excluding hydrogens is 280 g/mol. The van der Waals surface area contributed by atoms with E-state index < -0.39 is 0 Å². The van der Waals surface area contributed by atoms with Gasteiger partial charge in [0.15, 0.2) is 0 Å². The molecule has 0 saturated heterocycles. The van der Waals surface area contributed by atoms with Gasteiger partial charge in [0.05, 0.1) is 0 Å². The Kier molecular flexibility index (Phi) is 10000. The van der Waals surface area contributed by atoms with Gasteiger partial charge in [-0.25, -0.2) is 0 Å². The Morgan fingerprint density at radius 2 is 0.429 bits per heavy atom. The zero-order valence-corrected chi connectivity index (χ0v) is 6.98. The maximum absolute atomic E-state index is 0. The summed E-state index contributed by atoms with van der Waals surface area (Å²) in [6.07, 6.45) is 0. The second-order valence-electron chi connectivity index (χ2n) is 0. The van der Waals surface area contributed by atoms with Crippen molar-refractivity contribution in [1.29, 1.82) is 0 Å². The fraction of sp³-hybridized carbons (Fsp3) is 0. The van der Waals surface area contributed by atoms with Crippen molar-refractivity contribution in [2.75, 3.05) is 0 Å². The van der Waals surface area contributed by atoms with Gasteiger partial charge in [0.1, 0.15) is 0 Å². The molecule has 7 heavy (non-hydrogen) atoms. The van der Waals surface area contributed by atoms with Gasteiger partial charge in [-0.3, -0.25) is 0 Å². The molecule has 0 bridgehead atoms. The average molecular weight is 280 g/mol. The van der Waals surface area contributed by atoms with Crippen molar-refractivity contribution in [3.05, 3.63) is 0 Å². The molecule has 0 unspecified atom stereocenters. The molecule has 0 amide bonds. The smallest absolute Gasteiger partial charge is 1.00 e. The molecule has 0 radical (unpaired) electrons. The SMILES string of the molecule is [F-].[F-].[F-].[F-].[F-].[Hf+4].[Li+]. The van der Waals surface area contributed by atoms with Crippen molar-refractivity contribution in [2.24, 2.45) is 0 Å². The van der Waals surface area contributed by atoms with Crippen LogP contribution in [-0.4, -0.2) is 0 Å². The molecule has 0 rings (SSSR count). The molecular formula is F5HfLi. The first kappa shape index (κ1) is 329. The summed E-state index contributed by atoms with van der Waals surface area (Å²) in [4.78, 5) is 0. The molecule has 0 aliphatic carbocycles. The van der Waals surface area contributed by atoms with Crippen LogP contribution in [0, 0.1) is 0 Å². The monoisotopic (exact) mass is 282 g/mol. The molecule has 0 saturated carbocycles. The van der Waals surface area contributed by atoms with E-state index in [1.54, 1.807) is 0 Å². The minimum absolute atomic E-state index is 0. The van der Waals surface area contributed by atoms with E-state index in [9.17, 15) is 0 Å². The van der Waals surface area contributed by atoms with Crippen LogP contribution in [0.15, 0.2) is 0 Å². The van der Waals surface area contributed by atoms with Gasteiger partial charge in [-0.05, 0) is 0 Å². The van der Waals surface area contributed by atoms with Gasteiger partial charge in [0.2, 0.25) is 0 Å². The van der Waals surface area contributed by atoms with Crippen LogP contribution in [0.3, 0.4) is 0 Å². The molecule has 0 aromatic rings. The molecule has 7 heteroatoms. The van der Waals surface area contributed by atoms with Crippen molar-refractivity contribution in [3.8, 4) is 0 Å². The molecule has 0 N–H and O–H groups in total. The maximum atomic E-state index is 0. The van der Waals surface area contributed by atoms with Crippen LogP contribution in [0.4, 0.5) is 0 Å². The van der Waals surface area contributed by atoms with Gasteiger partial charge < -0.3 is 23.5 Å². The summed E-state index contributed by atoms with van der Waals surface area (Å²) in [5.41, 5.74) is 0. The fourth-order valence-corrected chi connectivity index (χ4v) is 0. The molecule has 0 aliphatic rings. The zero-order chi connectivity index (χ0) is 0. The summed E-state index contributed by atoms with van der Waals surface area (Å²) < 4.78 is 0. The van der Waals surface area contributed by atoms with E-state index in [1.165, 1.54) is 0 Å². The maximum Gasteiger partial charge on any atom is 4.00 e. The van der Waals surface area contributed by atoms with Crippen LogP contribution in [-0.2, 0) is 25.8 Å². The van der Waals surface area contributed by atoms with Crippen LogP contribution in [0.25, 0.3) is 0 Å².